The van der Waals surface area contributed by atoms with Gasteiger partial charge in [-0.1, -0.05) is 18.2 Å². The maximum atomic E-state index is 13.4. The van der Waals surface area contributed by atoms with Gasteiger partial charge in [0.2, 0.25) is 10.0 Å². The third-order valence-corrected chi connectivity index (χ3v) is 4.20. The highest BCUT2D eigenvalue weighted by atomic mass is 32.2. The van der Waals surface area contributed by atoms with Crippen molar-refractivity contribution in [2.24, 2.45) is 0 Å². The van der Waals surface area contributed by atoms with Crippen LogP contribution < -0.4 is 10.0 Å². The van der Waals surface area contributed by atoms with Crippen LogP contribution in [0, 0.1) is 5.82 Å². The smallest absolute Gasteiger partial charge is 0.242 e. The summed E-state index contributed by atoms with van der Waals surface area (Å²) < 4.78 is 40.0. The molecule has 0 spiro atoms. The molecule has 0 saturated heterocycles. The van der Waals surface area contributed by atoms with Crippen LogP contribution in [0.15, 0.2) is 47.5 Å². The Labute approximate surface area is 123 Å². The van der Waals surface area contributed by atoms with Crippen molar-refractivity contribution < 1.29 is 12.8 Å². The Balaban J connectivity index is 2.09. The highest BCUT2D eigenvalue weighted by Gasteiger charge is 2.15. The minimum Gasteiger partial charge on any atom is -0.370 e. The molecule has 0 unspecified atom stereocenters. The molecule has 7 heteroatoms. The van der Waals surface area contributed by atoms with Gasteiger partial charge in [0, 0.05) is 24.8 Å². The first-order chi connectivity index (χ1) is 10.0. The fourth-order valence-corrected chi connectivity index (χ4v) is 2.67. The fraction of sp³-hybridized carbons (Fsp3) is 0.214. The van der Waals surface area contributed by atoms with E-state index < -0.39 is 15.8 Å². The van der Waals surface area contributed by atoms with Crippen LogP contribution in [0.25, 0.3) is 0 Å². The van der Waals surface area contributed by atoms with Crippen molar-refractivity contribution in [2.75, 3.05) is 11.9 Å². The average Bonchev–Trinajstić information content (AvgIpc) is 2.47. The summed E-state index contributed by atoms with van der Waals surface area (Å²) in [6, 6.07) is 9.06. The van der Waals surface area contributed by atoms with Gasteiger partial charge in [-0.3, -0.25) is 0 Å². The summed E-state index contributed by atoms with van der Waals surface area (Å²) in [5, 5.41) is 2.98. The maximum absolute atomic E-state index is 13.4. The van der Waals surface area contributed by atoms with Crippen molar-refractivity contribution in [1.82, 2.24) is 9.71 Å². The lowest BCUT2D eigenvalue weighted by atomic mass is 10.2. The zero-order valence-electron chi connectivity index (χ0n) is 11.5. The predicted molar refractivity (Wildman–Crippen MR) is 78.8 cm³/mol. The summed E-state index contributed by atoms with van der Waals surface area (Å²) in [5.74, 6) is 0.159. The Hall–Kier alpha value is -1.99. The van der Waals surface area contributed by atoms with Gasteiger partial charge in [-0.2, -0.15) is 0 Å². The SMILES string of the molecule is CCNc1ccc(S(=O)(=O)NCc2ccccc2F)cn1. The fourth-order valence-electron chi connectivity index (χ4n) is 1.72. The first kappa shape index (κ1) is 15.4. The predicted octanol–water partition coefficient (Wildman–Crippen LogP) is 2.13. The number of halogens is 1. The van der Waals surface area contributed by atoms with E-state index in [9.17, 15) is 12.8 Å². The number of rotatable bonds is 6. The van der Waals surface area contributed by atoms with Crippen molar-refractivity contribution >= 4 is 15.8 Å². The van der Waals surface area contributed by atoms with E-state index in [1.165, 1.54) is 24.4 Å². The van der Waals surface area contributed by atoms with Gasteiger partial charge in [0.05, 0.1) is 0 Å². The molecule has 2 aromatic rings. The minimum absolute atomic E-state index is 0.0421. The minimum atomic E-state index is -3.71. The molecule has 21 heavy (non-hydrogen) atoms. The van der Waals surface area contributed by atoms with Crippen molar-refractivity contribution in [3.8, 4) is 0 Å². The number of nitrogens with one attached hydrogen (secondary N) is 2. The Morgan fingerprint density at radius 2 is 1.95 bits per heavy atom. The molecule has 2 N–H and O–H groups in total. The molecule has 0 radical (unpaired) electrons. The Kier molecular flexibility index (Phi) is 4.87. The first-order valence-electron chi connectivity index (χ1n) is 6.46. The molecule has 0 aliphatic rings. The topological polar surface area (TPSA) is 71.1 Å². The normalized spacial score (nSPS) is 11.3. The molecule has 0 atom stereocenters. The monoisotopic (exact) mass is 309 g/mol. The van der Waals surface area contributed by atoms with Crippen molar-refractivity contribution in [3.05, 3.63) is 54.0 Å². The molecule has 0 aliphatic heterocycles. The molecule has 1 aromatic carbocycles. The molecule has 0 fully saturated rings. The highest BCUT2D eigenvalue weighted by Crippen LogP contribution is 2.12. The zero-order chi connectivity index (χ0) is 15.3. The molecule has 0 bridgehead atoms. The van der Waals surface area contributed by atoms with Crippen molar-refractivity contribution in [1.29, 1.82) is 0 Å². The van der Waals surface area contributed by atoms with Crippen LogP contribution >= 0.6 is 0 Å². The van der Waals surface area contributed by atoms with Gasteiger partial charge >= 0.3 is 0 Å². The van der Waals surface area contributed by atoms with E-state index in [0.29, 0.717) is 17.9 Å². The maximum Gasteiger partial charge on any atom is 0.242 e. The molecule has 0 saturated carbocycles. The van der Waals surface area contributed by atoms with E-state index in [4.69, 9.17) is 0 Å². The average molecular weight is 309 g/mol. The van der Waals surface area contributed by atoms with Crippen LogP contribution in [0.4, 0.5) is 10.2 Å². The lowest BCUT2D eigenvalue weighted by molar-refractivity contribution is 0.574. The quantitative estimate of drug-likeness (QED) is 0.857. The Morgan fingerprint density at radius 1 is 1.19 bits per heavy atom. The summed E-state index contributed by atoms with van der Waals surface area (Å²) in [7, 11) is -3.71. The summed E-state index contributed by atoms with van der Waals surface area (Å²) in [6.07, 6.45) is 1.27. The van der Waals surface area contributed by atoms with Crippen LogP contribution in [0.3, 0.4) is 0 Å². The van der Waals surface area contributed by atoms with E-state index in [1.807, 2.05) is 6.92 Å². The van der Waals surface area contributed by atoms with Crippen molar-refractivity contribution in [2.45, 2.75) is 18.4 Å². The summed E-state index contributed by atoms with van der Waals surface area (Å²) in [6.45, 7) is 2.51. The lowest BCUT2D eigenvalue weighted by Gasteiger charge is -2.08. The number of hydrogen-bond acceptors (Lipinski definition) is 4. The van der Waals surface area contributed by atoms with Crippen LogP contribution in [0.1, 0.15) is 12.5 Å². The summed E-state index contributed by atoms with van der Waals surface area (Å²) in [4.78, 5) is 4.05. The zero-order valence-corrected chi connectivity index (χ0v) is 12.3. The molecular formula is C14H16FN3O2S. The summed E-state index contributed by atoms with van der Waals surface area (Å²) >= 11 is 0. The van der Waals surface area contributed by atoms with E-state index >= 15 is 0 Å². The summed E-state index contributed by atoms with van der Waals surface area (Å²) in [5.41, 5.74) is 0.290. The van der Waals surface area contributed by atoms with E-state index in [-0.39, 0.29) is 11.4 Å². The van der Waals surface area contributed by atoms with Crippen molar-refractivity contribution in [3.63, 3.8) is 0 Å². The second kappa shape index (κ2) is 6.64. The number of sulfonamides is 1. The molecule has 112 valence electrons. The Bertz CT molecular complexity index is 702. The molecule has 0 amide bonds. The second-order valence-electron chi connectivity index (χ2n) is 4.33. The van der Waals surface area contributed by atoms with Crippen LogP contribution in [-0.4, -0.2) is 19.9 Å². The second-order valence-corrected chi connectivity index (χ2v) is 6.09. The van der Waals surface area contributed by atoms with Gasteiger partial charge in [-0.15, -0.1) is 0 Å². The van der Waals surface area contributed by atoms with Crippen LogP contribution in [0.5, 0.6) is 0 Å². The lowest BCUT2D eigenvalue weighted by Crippen LogP contribution is -2.23. The van der Waals surface area contributed by atoms with Crippen LogP contribution in [0.2, 0.25) is 0 Å². The number of aromatic nitrogens is 1. The number of anilines is 1. The molecule has 1 heterocycles. The van der Waals surface area contributed by atoms with E-state index in [2.05, 4.69) is 15.0 Å². The van der Waals surface area contributed by atoms with Crippen LogP contribution in [-0.2, 0) is 16.6 Å². The van der Waals surface area contributed by atoms with Gasteiger partial charge < -0.3 is 5.32 Å². The standard InChI is InChI=1S/C14H16FN3O2S/c1-2-16-14-8-7-12(10-17-14)21(19,20)18-9-11-5-3-4-6-13(11)15/h3-8,10,18H,2,9H2,1H3,(H,16,17). The largest absolute Gasteiger partial charge is 0.370 e. The van der Waals surface area contributed by atoms with E-state index in [1.54, 1.807) is 18.2 Å². The van der Waals surface area contributed by atoms with Gasteiger partial charge in [-0.05, 0) is 25.1 Å². The molecule has 5 nitrogen and oxygen atoms in total. The van der Waals surface area contributed by atoms with Gasteiger partial charge in [0.25, 0.3) is 0 Å². The molecular weight excluding hydrogens is 293 g/mol. The number of pyridine rings is 1. The highest BCUT2D eigenvalue weighted by molar-refractivity contribution is 7.89. The molecule has 2 rings (SSSR count). The Morgan fingerprint density at radius 3 is 2.57 bits per heavy atom. The third-order valence-electron chi connectivity index (χ3n) is 2.82. The number of benzene rings is 1. The van der Waals surface area contributed by atoms with Gasteiger partial charge in [0.15, 0.2) is 0 Å². The van der Waals surface area contributed by atoms with Gasteiger partial charge in [0.1, 0.15) is 16.5 Å². The van der Waals surface area contributed by atoms with Gasteiger partial charge in [-0.25, -0.2) is 22.5 Å². The molecule has 1 aromatic heterocycles. The number of nitrogens with zero attached hydrogens (tertiary/aromatic N) is 1. The third kappa shape index (κ3) is 3.99. The van der Waals surface area contributed by atoms with E-state index in [0.717, 1.165) is 0 Å². The number of hydrogen-bond donors (Lipinski definition) is 2. The molecule has 0 aliphatic carbocycles. The first-order valence-corrected chi connectivity index (χ1v) is 7.94.